The Kier molecular flexibility index (Phi) is 5.64. The van der Waals surface area contributed by atoms with E-state index < -0.39 is 6.61 Å². The van der Waals surface area contributed by atoms with E-state index in [1.165, 1.54) is 4.88 Å². The lowest BCUT2D eigenvalue weighted by Gasteiger charge is -2.14. The average molecular weight is 312 g/mol. The number of para-hydroxylation sites is 1. The zero-order chi connectivity index (χ0) is 15.2. The Bertz CT molecular complexity index is 574. The van der Waals surface area contributed by atoms with Crippen LogP contribution in [0.2, 0.25) is 0 Å². The lowest BCUT2D eigenvalue weighted by Crippen LogP contribution is -2.18. The van der Waals surface area contributed by atoms with Gasteiger partial charge in [-0.1, -0.05) is 25.1 Å². The van der Waals surface area contributed by atoms with Crippen molar-refractivity contribution in [1.82, 2.24) is 10.3 Å². The predicted octanol–water partition coefficient (Wildman–Crippen LogP) is 4.16. The van der Waals surface area contributed by atoms with Gasteiger partial charge in [-0.15, -0.1) is 11.3 Å². The van der Waals surface area contributed by atoms with Crippen LogP contribution in [-0.2, 0) is 13.0 Å². The minimum absolute atomic E-state index is 0.0647. The van der Waals surface area contributed by atoms with Gasteiger partial charge in [0, 0.05) is 23.2 Å². The van der Waals surface area contributed by atoms with E-state index in [2.05, 4.69) is 22.0 Å². The van der Waals surface area contributed by atoms with Gasteiger partial charge >= 0.3 is 6.61 Å². The lowest BCUT2D eigenvalue weighted by atomic mass is 10.2. The fraction of sp³-hybridized carbons (Fsp3) is 0.400. The maximum absolute atomic E-state index is 12.4. The molecule has 6 heteroatoms. The first-order valence-electron chi connectivity index (χ1n) is 6.80. The number of aromatic nitrogens is 1. The number of hydrogen-bond acceptors (Lipinski definition) is 4. The number of nitrogens with one attached hydrogen (secondary N) is 1. The number of benzene rings is 1. The van der Waals surface area contributed by atoms with Gasteiger partial charge in [-0.2, -0.15) is 8.78 Å². The molecule has 0 aliphatic carbocycles. The van der Waals surface area contributed by atoms with Crippen molar-refractivity contribution in [2.45, 2.75) is 39.5 Å². The highest BCUT2D eigenvalue weighted by Gasteiger charge is 2.12. The summed E-state index contributed by atoms with van der Waals surface area (Å²) in [7, 11) is 0. The molecule has 114 valence electrons. The summed E-state index contributed by atoms with van der Waals surface area (Å²) in [6, 6.07) is 6.87. The standard InChI is InChI=1S/C15H18F2N2OS/c1-3-12-9-19-14(21-12)10(2)18-8-11-6-4-5-7-13(11)20-15(16)17/h4-7,9-10,15,18H,3,8H2,1-2H3. The smallest absolute Gasteiger partial charge is 0.387 e. The molecule has 0 saturated heterocycles. The molecule has 2 aromatic rings. The summed E-state index contributed by atoms with van der Waals surface area (Å²) < 4.78 is 29.2. The third-order valence-corrected chi connectivity index (χ3v) is 4.40. The van der Waals surface area contributed by atoms with Crippen LogP contribution in [0.5, 0.6) is 5.75 Å². The molecule has 2 rings (SSSR count). The first-order valence-corrected chi connectivity index (χ1v) is 7.62. The molecule has 1 N–H and O–H groups in total. The zero-order valence-corrected chi connectivity index (χ0v) is 12.8. The van der Waals surface area contributed by atoms with E-state index >= 15 is 0 Å². The van der Waals surface area contributed by atoms with Crippen LogP contribution >= 0.6 is 11.3 Å². The fourth-order valence-corrected chi connectivity index (χ4v) is 2.78. The van der Waals surface area contributed by atoms with Gasteiger partial charge in [0.1, 0.15) is 10.8 Å². The summed E-state index contributed by atoms with van der Waals surface area (Å²) >= 11 is 1.67. The van der Waals surface area contributed by atoms with E-state index in [9.17, 15) is 8.78 Å². The van der Waals surface area contributed by atoms with E-state index in [-0.39, 0.29) is 11.8 Å². The number of ether oxygens (including phenoxy) is 1. The first-order chi connectivity index (χ1) is 10.1. The Balaban J connectivity index is 1.99. The summed E-state index contributed by atoms with van der Waals surface area (Å²) in [5.74, 6) is 0.209. The minimum Gasteiger partial charge on any atom is -0.434 e. The van der Waals surface area contributed by atoms with Gasteiger partial charge < -0.3 is 10.1 Å². The molecular weight excluding hydrogens is 294 g/mol. The second kappa shape index (κ2) is 7.47. The van der Waals surface area contributed by atoms with E-state index in [1.807, 2.05) is 13.1 Å². The molecule has 1 unspecified atom stereocenters. The third-order valence-electron chi connectivity index (χ3n) is 3.08. The number of hydrogen-bond donors (Lipinski definition) is 1. The summed E-state index contributed by atoms with van der Waals surface area (Å²) in [6.07, 6.45) is 2.85. The quantitative estimate of drug-likeness (QED) is 0.833. The van der Waals surface area contributed by atoms with Crippen molar-refractivity contribution in [2.75, 3.05) is 0 Å². The van der Waals surface area contributed by atoms with Gasteiger partial charge in [0.05, 0.1) is 6.04 Å². The van der Waals surface area contributed by atoms with Crippen LogP contribution in [0.4, 0.5) is 8.78 Å². The Morgan fingerprint density at radius 1 is 1.33 bits per heavy atom. The second-order valence-electron chi connectivity index (χ2n) is 4.61. The Morgan fingerprint density at radius 3 is 2.76 bits per heavy atom. The van der Waals surface area contributed by atoms with Gasteiger partial charge in [0.25, 0.3) is 0 Å². The summed E-state index contributed by atoms with van der Waals surface area (Å²) in [5, 5.41) is 4.29. The molecule has 0 amide bonds. The number of rotatable bonds is 7. The molecule has 0 fully saturated rings. The molecule has 0 bridgehead atoms. The summed E-state index contributed by atoms with van der Waals surface area (Å²) in [6.45, 7) is 1.74. The first kappa shape index (κ1) is 15.9. The van der Waals surface area contributed by atoms with Crippen LogP contribution in [0.1, 0.15) is 35.3 Å². The average Bonchev–Trinajstić information content (AvgIpc) is 2.94. The van der Waals surface area contributed by atoms with Crippen molar-refractivity contribution in [3.8, 4) is 5.75 Å². The van der Waals surface area contributed by atoms with Crippen molar-refractivity contribution in [2.24, 2.45) is 0 Å². The maximum Gasteiger partial charge on any atom is 0.387 e. The molecule has 21 heavy (non-hydrogen) atoms. The normalized spacial score (nSPS) is 12.6. The molecule has 0 aliphatic heterocycles. The highest BCUT2D eigenvalue weighted by Crippen LogP contribution is 2.23. The van der Waals surface area contributed by atoms with Crippen molar-refractivity contribution >= 4 is 11.3 Å². The van der Waals surface area contributed by atoms with Gasteiger partial charge in [-0.3, -0.25) is 0 Å². The minimum atomic E-state index is -2.81. The van der Waals surface area contributed by atoms with E-state index in [4.69, 9.17) is 0 Å². The van der Waals surface area contributed by atoms with Gasteiger partial charge in [0.2, 0.25) is 0 Å². The SMILES string of the molecule is CCc1cnc(C(C)NCc2ccccc2OC(F)F)s1. The van der Waals surface area contributed by atoms with Crippen molar-refractivity contribution in [3.05, 3.63) is 45.9 Å². The molecule has 1 atom stereocenters. The van der Waals surface area contributed by atoms with Crippen molar-refractivity contribution in [3.63, 3.8) is 0 Å². The van der Waals surface area contributed by atoms with Gasteiger partial charge in [-0.05, 0) is 19.4 Å². The molecule has 0 saturated carbocycles. The number of alkyl halides is 2. The Morgan fingerprint density at radius 2 is 2.10 bits per heavy atom. The van der Waals surface area contributed by atoms with Crippen LogP contribution in [-0.4, -0.2) is 11.6 Å². The van der Waals surface area contributed by atoms with Crippen molar-refractivity contribution < 1.29 is 13.5 Å². The number of aryl methyl sites for hydroxylation is 1. The highest BCUT2D eigenvalue weighted by atomic mass is 32.1. The third kappa shape index (κ3) is 4.47. The molecule has 1 aromatic carbocycles. The van der Waals surface area contributed by atoms with Crippen LogP contribution in [0.15, 0.2) is 30.5 Å². The predicted molar refractivity (Wildman–Crippen MR) is 79.8 cm³/mol. The van der Waals surface area contributed by atoms with Crippen LogP contribution in [0.3, 0.4) is 0 Å². The van der Waals surface area contributed by atoms with Crippen LogP contribution in [0.25, 0.3) is 0 Å². The molecule has 0 spiro atoms. The van der Waals surface area contributed by atoms with Gasteiger partial charge in [0.15, 0.2) is 0 Å². The monoisotopic (exact) mass is 312 g/mol. The molecule has 0 aliphatic rings. The van der Waals surface area contributed by atoms with E-state index in [0.717, 1.165) is 11.4 Å². The zero-order valence-electron chi connectivity index (χ0n) is 12.0. The van der Waals surface area contributed by atoms with E-state index in [0.29, 0.717) is 12.1 Å². The lowest BCUT2D eigenvalue weighted by molar-refractivity contribution is -0.0505. The topological polar surface area (TPSA) is 34.2 Å². The Labute approximate surface area is 127 Å². The fourth-order valence-electron chi connectivity index (χ4n) is 1.90. The van der Waals surface area contributed by atoms with Crippen LogP contribution in [0, 0.1) is 0 Å². The molecule has 3 nitrogen and oxygen atoms in total. The maximum atomic E-state index is 12.4. The number of halogens is 2. The van der Waals surface area contributed by atoms with E-state index in [1.54, 1.807) is 35.6 Å². The van der Waals surface area contributed by atoms with Crippen LogP contribution < -0.4 is 10.1 Å². The van der Waals surface area contributed by atoms with Crippen molar-refractivity contribution in [1.29, 1.82) is 0 Å². The summed E-state index contributed by atoms with van der Waals surface area (Å²) in [4.78, 5) is 5.61. The molecule has 0 radical (unpaired) electrons. The molecular formula is C15H18F2N2OS. The molecule has 1 aromatic heterocycles. The second-order valence-corrected chi connectivity index (χ2v) is 5.75. The number of thiazole rings is 1. The molecule has 1 heterocycles. The Hall–Kier alpha value is -1.53. The van der Waals surface area contributed by atoms with Gasteiger partial charge in [-0.25, -0.2) is 4.98 Å². The highest BCUT2D eigenvalue weighted by molar-refractivity contribution is 7.11. The summed E-state index contributed by atoms with van der Waals surface area (Å²) in [5.41, 5.74) is 0.705. The number of nitrogens with zero attached hydrogens (tertiary/aromatic N) is 1. The largest absolute Gasteiger partial charge is 0.434 e.